The number of nitrogens with one attached hydrogen (secondary N) is 1. The van der Waals surface area contributed by atoms with E-state index in [1.165, 1.54) is 0 Å². The average molecular weight is 726 g/mol. The molecule has 43 heavy (non-hydrogen) atoms. The summed E-state index contributed by atoms with van der Waals surface area (Å²) in [5.41, 5.74) is 0. The molecular formula is C25H72N11OP5Si. The summed E-state index contributed by atoms with van der Waals surface area (Å²) in [7, 11) is 11.4. The molecule has 0 aliphatic carbocycles. The minimum atomic E-state index is -3.49. The van der Waals surface area contributed by atoms with Crippen LogP contribution in [-0.4, -0.2) is 167 Å². The molecule has 0 spiro atoms. The van der Waals surface area contributed by atoms with Crippen LogP contribution in [0.4, 0.5) is 0 Å². The zero-order valence-corrected chi connectivity index (χ0v) is 37.7. The molecule has 0 radical (unpaired) electrons. The van der Waals surface area contributed by atoms with E-state index in [-0.39, 0.29) is 5.04 Å². The molecule has 0 aliphatic rings. The van der Waals surface area contributed by atoms with Gasteiger partial charge < -0.3 is 0 Å². The van der Waals surface area contributed by atoms with Crippen molar-refractivity contribution >= 4 is 45.5 Å². The van der Waals surface area contributed by atoms with Crippen molar-refractivity contribution in [1.29, 1.82) is 0 Å². The quantitative estimate of drug-likeness (QED) is 0.104. The summed E-state index contributed by atoms with van der Waals surface area (Å²) in [5.74, 6) is 0. The minimum absolute atomic E-state index is 0.154. The standard InChI is InChI=1S/C25H72N11OP5Si/c1-25(2,3)43(21,22)37-24-23-26-42(35(12)13,36(14)15)30-41(27-38(16,17)18,28-39(19,31(4)5)32(6)7)29-40(20,33(8)9)34(10)11/h26,41H,23-24H2,1-22H3. The molecule has 0 rings (SSSR count). The van der Waals surface area contributed by atoms with Crippen LogP contribution >= 0.6 is 37.1 Å². The predicted molar refractivity (Wildman–Crippen MR) is 209 cm³/mol. The molecule has 0 aromatic heterocycles. The molecule has 0 aromatic carbocycles. The van der Waals surface area contributed by atoms with Crippen molar-refractivity contribution in [3.05, 3.63) is 0 Å². The van der Waals surface area contributed by atoms with Crippen molar-refractivity contribution < 1.29 is 4.43 Å². The maximum absolute atomic E-state index is 6.59. The van der Waals surface area contributed by atoms with Crippen LogP contribution in [-0.2, 0) is 4.43 Å². The summed E-state index contributed by atoms with van der Waals surface area (Å²) < 4.78 is 43.4. The van der Waals surface area contributed by atoms with Gasteiger partial charge in [0.15, 0.2) is 0 Å². The van der Waals surface area contributed by atoms with Gasteiger partial charge in [0.05, 0.1) is 0 Å². The molecule has 12 nitrogen and oxygen atoms in total. The van der Waals surface area contributed by atoms with Gasteiger partial charge in [-0.1, -0.05) is 0 Å². The van der Waals surface area contributed by atoms with E-state index < -0.39 is 45.5 Å². The molecule has 0 aromatic rings. The number of hydrogen-bond donors (Lipinski definition) is 1. The molecule has 0 aliphatic heterocycles. The molecule has 0 fully saturated rings. The van der Waals surface area contributed by atoms with Crippen LogP contribution in [0.25, 0.3) is 0 Å². The monoisotopic (exact) mass is 725 g/mol. The second kappa shape index (κ2) is 16.1. The summed E-state index contributed by atoms with van der Waals surface area (Å²) in [6, 6.07) is 0. The first-order chi connectivity index (χ1) is 18.9. The molecule has 0 saturated carbocycles. The fraction of sp³-hybridized carbons (Fsp3) is 1.00. The van der Waals surface area contributed by atoms with Gasteiger partial charge in [0.1, 0.15) is 0 Å². The van der Waals surface area contributed by atoms with Crippen LogP contribution in [0.15, 0.2) is 18.1 Å². The van der Waals surface area contributed by atoms with Crippen LogP contribution in [0.3, 0.4) is 0 Å². The Hall–Kier alpha value is 1.25. The first-order valence-electron chi connectivity index (χ1n) is 14.8. The molecular weight excluding hydrogens is 653 g/mol. The van der Waals surface area contributed by atoms with Gasteiger partial charge in [0.2, 0.25) is 0 Å². The fourth-order valence-corrected chi connectivity index (χ4v) is 24.5. The molecule has 0 saturated heterocycles. The van der Waals surface area contributed by atoms with E-state index in [9.17, 15) is 0 Å². The van der Waals surface area contributed by atoms with Gasteiger partial charge >= 0.3 is 271 Å². The predicted octanol–water partition coefficient (Wildman–Crippen LogP) is 7.74. The van der Waals surface area contributed by atoms with Crippen molar-refractivity contribution in [2.75, 3.05) is 131 Å². The van der Waals surface area contributed by atoms with Gasteiger partial charge in [-0.15, -0.1) is 0 Å². The Kier molecular flexibility index (Phi) is 16.6. The Bertz CT molecular complexity index is 1060. The van der Waals surface area contributed by atoms with Crippen molar-refractivity contribution in [1.82, 2.24) is 33.1 Å². The zero-order chi connectivity index (χ0) is 34.6. The third-order valence-electron chi connectivity index (χ3n) is 8.20. The average Bonchev–Trinajstić information content (AvgIpc) is 2.77. The SMILES string of the molecule is CN(C)P(C)(=N[PH](N=P(C)(C)C)(N=P(C)(N(C)C)N(C)C)N=P(NCCO[Si](C)(C)C(C)(C)C)(N(C)C)N(C)C)N(C)C. The first-order valence-corrected chi connectivity index (χ1v) is 28.4. The second-order valence-corrected chi connectivity index (χ2v) is 37.7. The third-order valence-corrected chi connectivity index (χ3v) is 32.5. The topological polar surface area (TPSA) is 90.1 Å². The van der Waals surface area contributed by atoms with Crippen LogP contribution in [0.2, 0.25) is 18.1 Å². The Morgan fingerprint density at radius 2 is 0.953 bits per heavy atom. The van der Waals surface area contributed by atoms with E-state index in [1.54, 1.807) is 0 Å². The second-order valence-electron chi connectivity index (χ2n) is 14.8. The molecule has 0 heterocycles. The van der Waals surface area contributed by atoms with Gasteiger partial charge in [0.25, 0.3) is 0 Å². The van der Waals surface area contributed by atoms with Gasteiger partial charge in [-0.25, -0.2) is 0 Å². The molecule has 262 valence electrons. The third kappa shape index (κ3) is 11.7. The number of rotatable bonds is 15. The molecule has 18 heteroatoms. The summed E-state index contributed by atoms with van der Waals surface area (Å²) in [6.45, 7) is 24.0. The van der Waals surface area contributed by atoms with E-state index in [0.29, 0.717) is 13.2 Å². The Morgan fingerprint density at radius 3 is 1.21 bits per heavy atom. The summed E-state index contributed by atoms with van der Waals surface area (Å²) in [5, 5.41) is 4.07. The number of hydrogen-bond acceptors (Lipinski definition) is 5. The molecule has 0 atom stereocenters. The Labute approximate surface area is 270 Å². The zero-order valence-electron chi connectivity index (χ0n) is 32.1. The first kappa shape index (κ1) is 44.2. The Balaban J connectivity index is 8.20. The van der Waals surface area contributed by atoms with E-state index in [0.717, 1.165) is 0 Å². The summed E-state index contributed by atoms with van der Waals surface area (Å²) in [4.78, 5) is 0. The molecule has 1 N–H and O–H groups in total. The molecule has 0 bridgehead atoms. The van der Waals surface area contributed by atoms with Gasteiger partial charge in [-0.2, -0.15) is 0 Å². The summed E-state index contributed by atoms with van der Waals surface area (Å²) >= 11 is 0. The van der Waals surface area contributed by atoms with Crippen LogP contribution in [0.1, 0.15) is 20.8 Å². The van der Waals surface area contributed by atoms with E-state index in [1.807, 2.05) is 0 Å². The number of nitrogens with zero attached hydrogens (tertiary/aromatic N) is 10. The van der Waals surface area contributed by atoms with Crippen LogP contribution < -0.4 is 5.09 Å². The van der Waals surface area contributed by atoms with Crippen molar-refractivity contribution in [2.24, 2.45) is 18.1 Å². The van der Waals surface area contributed by atoms with E-state index in [4.69, 9.17) is 22.5 Å². The van der Waals surface area contributed by atoms with Gasteiger partial charge in [0, 0.05) is 0 Å². The Morgan fingerprint density at radius 1 is 0.605 bits per heavy atom. The van der Waals surface area contributed by atoms with E-state index >= 15 is 0 Å². The van der Waals surface area contributed by atoms with Crippen molar-refractivity contribution in [2.45, 2.75) is 38.9 Å². The molecule has 0 unspecified atom stereocenters. The van der Waals surface area contributed by atoms with Crippen LogP contribution in [0.5, 0.6) is 0 Å². The van der Waals surface area contributed by atoms with Gasteiger partial charge in [-0.3, -0.25) is 0 Å². The normalized spacial score (nSPS) is 15.3. The summed E-state index contributed by atoms with van der Waals surface area (Å²) in [6.07, 6.45) is 0. The fourth-order valence-electron chi connectivity index (χ4n) is 3.86. The molecule has 0 amide bonds. The maximum atomic E-state index is 6.59. The van der Waals surface area contributed by atoms with E-state index in [2.05, 4.69) is 185 Å². The van der Waals surface area contributed by atoms with Gasteiger partial charge in [-0.05, 0) is 0 Å². The van der Waals surface area contributed by atoms with Crippen molar-refractivity contribution in [3.8, 4) is 0 Å². The van der Waals surface area contributed by atoms with Crippen molar-refractivity contribution in [3.63, 3.8) is 0 Å². The van der Waals surface area contributed by atoms with Crippen LogP contribution in [0, 0.1) is 0 Å².